The number of halogens is 2. The number of aryl methyl sites for hydroxylation is 1. The maximum absolute atomic E-state index is 14.0. The molecule has 2 aromatic heterocycles. The van der Waals surface area contributed by atoms with Crippen LogP contribution < -0.4 is 16.0 Å². The number of ether oxygens (including phenoxy) is 1. The summed E-state index contributed by atoms with van der Waals surface area (Å²) in [5.41, 5.74) is 8.13. The molecular formula is C23H29F2N7O. The van der Waals surface area contributed by atoms with Gasteiger partial charge in [0.05, 0.1) is 24.2 Å². The molecule has 3 heterocycles. The second-order valence-electron chi connectivity index (χ2n) is 8.87. The Labute approximate surface area is 191 Å². The van der Waals surface area contributed by atoms with Gasteiger partial charge >= 0.3 is 0 Å². The summed E-state index contributed by atoms with van der Waals surface area (Å²) < 4.78 is 35.0. The second-order valence-corrected chi connectivity index (χ2v) is 8.87. The molecule has 8 nitrogen and oxygen atoms in total. The van der Waals surface area contributed by atoms with Crippen molar-refractivity contribution in [2.45, 2.75) is 51.1 Å². The Hall–Kier alpha value is -2.85. The van der Waals surface area contributed by atoms with Crippen LogP contribution in [-0.2, 0) is 4.74 Å². The Morgan fingerprint density at radius 1 is 1.06 bits per heavy atom. The molecule has 33 heavy (non-hydrogen) atoms. The van der Waals surface area contributed by atoms with Crippen molar-refractivity contribution in [3.05, 3.63) is 35.7 Å². The Morgan fingerprint density at radius 3 is 2.55 bits per heavy atom. The number of rotatable bonds is 5. The molecule has 1 aromatic carbocycles. The standard InChI is InChI=1S/C23H29F2N7O/c1-14-2-7-17-18(12-14)32(22(28-17)21(24)25)20-13-19(27-16-5-3-15(26)4-6-16)29-23(30-20)31-8-10-33-11-9-31/h2,7,12-13,15-16,21H,3-6,8-11,26H2,1H3,(H,27,29,30)/t15-,16-. The highest BCUT2D eigenvalue weighted by molar-refractivity contribution is 5.79. The average Bonchev–Trinajstić information content (AvgIpc) is 3.20. The number of alkyl halides is 2. The van der Waals surface area contributed by atoms with E-state index in [1.54, 1.807) is 12.1 Å². The van der Waals surface area contributed by atoms with E-state index in [9.17, 15) is 8.78 Å². The van der Waals surface area contributed by atoms with Crippen LogP contribution in [0, 0.1) is 6.92 Å². The van der Waals surface area contributed by atoms with Crippen LogP contribution in [0.4, 0.5) is 20.5 Å². The minimum Gasteiger partial charge on any atom is -0.378 e. The number of fused-ring (bicyclic) bond motifs is 1. The summed E-state index contributed by atoms with van der Waals surface area (Å²) in [7, 11) is 0. The smallest absolute Gasteiger partial charge is 0.296 e. The monoisotopic (exact) mass is 457 g/mol. The van der Waals surface area contributed by atoms with Crippen molar-refractivity contribution in [1.29, 1.82) is 0 Å². The lowest BCUT2D eigenvalue weighted by Gasteiger charge is -2.29. The molecule has 1 aliphatic heterocycles. The van der Waals surface area contributed by atoms with Crippen molar-refractivity contribution < 1.29 is 13.5 Å². The van der Waals surface area contributed by atoms with E-state index in [0.717, 1.165) is 31.2 Å². The summed E-state index contributed by atoms with van der Waals surface area (Å²) in [6.45, 7) is 4.37. The summed E-state index contributed by atoms with van der Waals surface area (Å²) >= 11 is 0. The molecule has 1 aliphatic carbocycles. The SMILES string of the molecule is Cc1ccc2nc(C(F)F)n(-c3cc(N[C@H]4CC[C@H](N)CC4)nc(N4CCOCC4)n3)c2c1. The van der Waals surface area contributed by atoms with Crippen molar-refractivity contribution in [3.63, 3.8) is 0 Å². The normalized spacial score (nSPS) is 21.7. The Kier molecular flexibility index (Phi) is 6.11. The highest BCUT2D eigenvalue weighted by Crippen LogP contribution is 2.30. The Morgan fingerprint density at radius 2 is 1.82 bits per heavy atom. The van der Waals surface area contributed by atoms with Crippen LogP contribution in [0.25, 0.3) is 16.9 Å². The lowest BCUT2D eigenvalue weighted by molar-refractivity contribution is 0.122. The third-order valence-electron chi connectivity index (χ3n) is 6.38. The summed E-state index contributed by atoms with van der Waals surface area (Å²) in [6.07, 6.45) is 1.06. The number of nitrogens with zero attached hydrogens (tertiary/aromatic N) is 5. The maximum atomic E-state index is 14.0. The fraction of sp³-hybridized carbons (Fsp3) is 0.522. The minimum atomic E-state index is -2.74. The largest absolute Gasteiger partial charge is 0.378 e. The number of anilines is 2. The highest BCUT2D eigenvalue weighted by Gasteiger charge is 2.25. The molecule has 0 amide bonds. The number of hydrogen-bond acceptors (Lipinski definition) is 7. The number of imidazole rings is 1. The molecule has 0 bridgehead atoms. The molecule has 1 saturated heterocycles. The molecule has 3 N–H and O–H groups in total. The number of benzene rings is 1. The molecule has 0 atom stereocenters. The van der Waals surface area contributed by atoms with E-state index in [1.807, 2.05) is 24.0 Å². The zero-order valence-electron chi connectivity index (χ0n) is 18.7. The maximum Gasteiger partial charge on any atom is 0.296 e. The van der Waals surface area contributed by atoms with Crippen molar-refractivity contribution in [3.8, 4) is 5.82 Å². The van der Waals surface area contributed by atoms with Crippen LogP contribution >= 0.6 is 0 Å². The topological polar surface area (TPSA) is 94.1 Å². The zero-order valence-corrected chi connectivity index (χ0v) is 18.7. The molecule has 10 heteroatoms. The minimum absolute atomic E-state index is 0.237. The van der Waals surface area contributed by atoms with Gasteiger partial charge in [0, 0.05) is 31.2 Å². The van der Waals surface area contributed by atoms with Crippen molar-refractivity contribution in [1.82, 2.24) is 19.5 Å². The zero-order chi connectivity index (χ0) is 22.9. The molecule has 3 aromatic rings. The first-order valence-electron chi connectivity index (χ1n) is 11.5. The fourth-order valence-electron chi connectivity index (χ4n) is 4.58. The molecule has 176 valence electrons. The molecule has 0 spiro atoms. The van der Waals surface area contributed by atoms with E-state index in [2.05, 4.69) is 10.3 Å². The highest BCUT2D eigenvalue weighted by atomic mass is 19.3. The van der Waals surface area contributed by atoms with E-state index in [0.29, 0.717) is 54.9 Å². The Balaban J connectivity index is 1.60. The summed E-state index contributed by atoms with van der Waals surface area (Å²) in [4.78, 5) is 15.7. The van der Waals surface area contributed by atoms with E-state index in [1.165, 1.54) is 4.57 Å². The van der Waals surface area contributed by atoms with Gasteiger partial charge in [-0.15, -0.1) is 0 Å². The predicted molar refractivity (Wildman–Crippen MR) is 123 cm³/mol. The van der Waals surface area contributed by atoms with E-state index in [4.69, 9.17) is 20.4 Å². The number of hydrogen-bond donors (Lipinski definition) is 2. The van der Waals surface area contributed by atoms with Gasteiger partial charge in [-0.2, -0.15) is 9.97 Å². The van der Waals surface area contributed by atoms with Gasteiger partial charge in [0.2, 0.25) is 5.95 Å². The van der Waals surface area contributed by atoms with Gasteiger partial charge in [-0.05, 0) is 50.3 Å². The Bertz CT molecular complexity index is 1120. The van der Waals surface area contributed by atoms with Crippen molar-refractivity contribution in [2.75, 3.05) is 36.5 Å². The summed E-state index contributed by atoms with van der Waals surface area (Å²) in [5, 5.41) is 3.51. The predicted octanol–water partition coefficient (Wildman–Crippen LogP) is 3.58. The summed E-state index contributed by atoms with van der Waals surface area (Å²) in [5.74, 6) is 1.18. The van der Waals surface area contributed by atoms with Crippen molar-refractivity contribution in [2.24, 2.45) is 5.73 Å². The quantitative estimate of drug-likeness (QED) is 0.605. The number of nitrogens with two attached hydrogens (primary N) is 1. The number of aromatic nitrogens is 4. The van der Waals surface area contributed by atoms with Crippen molar-refractivity contribution >= 4 is 22.8 Å². The summed E-state index contributed by atoms with van der Waals surface area (Å²) in [6, 6.07) is 7.72. The molecule has 1 saturated carbocycles. The van der Waals surface area contributed by atoms with Crippen LogP contribution in [0.5, 0.6) is 0 Å². The van der Waals surface area contributed by atoms with Crippen LogP contribution in [0.1, 0.15) is 43.5 Å². The van der Waals surface area contributed by atoms with Crippen LogP contribution in [0.2, 0.25) is 0 Å². The fourth-order valence-corrected chi connectivity index (χ4v) is 4.58. The number of morpholine rings is 1. The second kappa shape index (κ2) is 9.18. The molecule has 0 radical (unpaired) electrons. The van der Waals surface area contributed by atoms with Gasteiger partial charge in [-0.1, -0.05) is 6.07 Å². The van der Waals surface area contributed by atoms with Gasteiger partial charge in [0.1, 0.15) is 11.6 Å². The molecule has 2 fully saturated rings. The van der Waals surface area contributed by atoms with Gasteiger partial charge in [-0.25, -0.2) is 13.8 Å². The number of nitrogens with one attached hydrogen (secondary N) is 1. The van der Waals surface area contributed by atoms with Gasteiger partial charge in [0.15, 0.2) is 5.82 Å². The lowest BCUT2D eigenvalue weighted by Crippen LogP contribution is -2.38. The molecule has 5 rings (SSSR count). The van der Waals surface area contributed by atoms with E-state index >= 15 is 0 Å². The van der Waals surface area contributed by atoms with Crippen LogP contribution in [0.3, 0.4) is 0 Å². The molecule has 2 aliphatic rings. The van der Waals surface area contributed by atoms with Gasteiger partial charge < -0.3 is 20.7 Å². The average molecular weight is 458 g/mol. The first-order chi connectivity index (χ1) is 16.0. The third-order valence-corrected chi connectivity index (χ3v) is 6.38. The van der Waals surface area contributed by atoms with Gasteiger partial charge in [0.25, 0.3) is 6.43 Å². The first kappa shape index (κ1) is 22.0. The van der Waals surface area contributed by atoms with Crippen LogP contribution in [-0.4, -0.2) is 57.9 Å². The van der Waals surface area contributed by atoms with E-state index < -0.39 is 6.43 Å². The lowest BCUT2D eigenvalue weighted by atomic mass is 9.92. The first-order valence-corrected chi connectivity index (χ1v) is 11.5. The van der Waals surface area contributed by atoms with Crippen LogP contribution in [0.15, 0.2) is 24.3 Å². The third kappa shape index (κ3) is 4.63. The molecular weight excluding hydrogens is 428 g/mol. The molecule has 0 unspecified atom stereocenters. The van der Waals surface area contributed by atoms with Gasteiger partial charge in [-0.3, -0.25) is 4.57 Å². The van der Waals surface area contributed by atoms with E-state index in [-0.39, 0.29) is 17.9 Å².